The quantitative estimate of drug-likeness (QED) is 0.517. The van der Waals surface area contributed by atoms with Gasteiger partial charge in [0.05, 0.1) is 15.5 Å². The minimum absolute atomic E-state index is 0.0850. The van der Waals surface area contributed by atoms with Gasteiger partial charge in [-0.05, 0) is 20.8 Å². The van der Waals surface area contributed by atoms with Crippen molar-refractivity contribution in [1.29, 1.82) is 0 Å². The SMILES string of the molecule is CC(C)(C)OC(=O)N(C(=O)O)c1nc(C(C)(C)C)c(-c2cccc([N+](=O)[O-])c2)s1. The van der Waals surface area contributed by atoms with E-state index in [1.54, 1.807) is 32.9 Å². The van der Waals surface area contributed by atoms with E-state index in [1.165, 1.54) is 12.1 Å². The second-order valence-corrected chi connectivity index (χ2v) is 9.31. The lowest BCUT2D eigenvalue weighted by Gasteiger charge is -2.23. The smallest absolute Gasteiger partial charge is 0.426 e. The van der Waals surface area contributed by atoms with Crippen LogP contribution < -0.4 is 4.90 Å². The number of benzene rings is 1. The first-order valence-corrected chi connectivity index (χ1v) is 9.54. The summed E-state index contributed by atoms with van der Waals surface area (Å²) in [6.07, 6.45) is -2.59. The van der Waals surface area contributed by atoms with Crippen molar-refractivity contribution in [3.63, 3.8) is 0 Å². The van der Waals surface area contributed by atoms with E-state index in [4.69, 9.17) is 4.74 Å². The Morgan fingerprint density at radius 1 is 1.21 bits per heavy atom. The molecule has 0 atom stereocenters. The summed E-state index contributed by atoms with van der Waals surface area (Å²) in [7, 11) is 0. The molecule has 0 aliphatic heterocycles. The third-order valence-corrected chi connectivity index (χ3v) is 4.69. The zero-order valence-electron chi connectivity index (χ0n) is 17.0. The number of anilines is 1. The fourth-order valence-corrected chi connectivity index (χ4v) is 3.67. The highest BCUT2D eigenvalue weighted by Crippen LogP contribution is 2.41. The molecule has 29 heavy (non-hydrogen) atoms. The number of imide groups is 1. The first kappa shape index (κ1) is 22.3. The number of nitro groups is 1. The van der Waals surface area contributed by atoms with E-state index in [0.717, 1.165) is 11.3 Å². The van der Waals surface area contributed by atoms with Gasteiger partial charge in [-0.2, -0.15) is 4.90 Å². The monoisotopic (exact) mass is 421 g/mol. The Labute approximate surface area is 172 Å². The Kier molecular flexibility index (Phi) is 5.98. The number of aromatic nitrogens is 1. The molecule has 1 heterocycles. The van der Waals surface area contributed by atoms with Gasteiger partial charge in [0, 0.05) is 23.1 Å². The van der Waals surface area contributed by atoms with E-state index >= 15 is 0 Å². The molecular weight excluding hydrogens is 398 g/mol. The van der Waals surface area contributed by atoms with Crippen molar-refractivity contribution < 1.29 is 24.4 Å². The lowest BCUT2D eigenvalue weighted by molar-refractivity contribution is -0.384. The number of carboxylic acid groups (broad SMARTS) is 1. The third-order valence-electron chi connectivity index (χ3n) is 3.60. The molecule has 2 rings (SSSR count). The molecule has 0 unspecified atom stereocenters. The maximum absolute atomic E-state index is 12.5. The highest BCUT2D eigenvalue weighted by atomic mass is 32.1. The van der Waals surface area contributed by atoms with Crippen molar-refractivity contribution in [2.24, 2.45) is 0 Å². The van der Waals surface area contributed by atoms with Crippen LogP contribution in [0.2, 0.25) is 0 Å². The zero-order valence-corrected chi connectivity index (χ0v) is 17.9. The van der Waals surface area contributed by atoms with Gasteiger partial charge in [0.2, 0.25) is 5.13 Å². The molecule has 1 N–H and O–H groups in total. The highest BCUT2D eigenvalue weighted by molar-refractivity contribution is 7.19. The van der Waals surface area contributed by atoms with Gasteiger partial charge >= 0.3 is 12.2 Å². The minimum Gasteiger partial charge on any atom is -0.464 e. The number of hydrogen-bond acceptors (Lipinski definition) is 7. The molecule has 0 aliphatic rings. The number of thiazole rings is 1. The lowest BCUT2D eigenvalue weighted by atomic mass is 9.90. The number of amides is 2. The molecule has 9 nitrogen and oxygen atoms in total. The number of hydrogen-bond donors (Lipinski definition) is 1. The van der Waals surface area contributed by atoms with Crippen LogP contribution in [0.25, 0.3) is 10.4 Å². The van der Waals surface area contributed by atoms with Crippen molar-refractivity contribution >= 4 is 34.3 Å². The predicted octanol–water partition coefficient (Wildman–Crippen LogP) is 5.44. The summed E-state index contributed by atoms with van der Waals surface area (Å²) in [5.41, 5.74) is -0.459. The summed E-state index contributed by atoms with van der Waals surface area (Å²) < 4.78 is 5.19. The van der Waals surface area contributed by atoms with Crippen LogP contribution in [0.4, 0.5) is 20.4 Å². The van der Waals surface area contributed by atoms with E-state index in [0.29, 0.717) is 21.0 Å². The highest BCUT2D eigenvalue weighted by Gasteiger charge is 2.34. The molecule has 0 radical (unpaired) electrons. The standard InChI is InChI=1S/C19H23N3O6S/c1-18(2,3)14-13(11-8-7-9-12(10-11)22(26)27)29-15(20-14)21(16(23)24)17(25)28-19(4,5)6/h7-10H,1-6H3,(H,23,24). The molecule has 2 amide bonds. The first-order valence-electron chi connectivity index (χ1n) is 8.73. The van der Waals surface area contributed by atoms with Crippen molar-refractivity contribution in [1.82, 2.24) is 4.98 Å². The normalized spacial score (nSPS) is 11.8. The van der Waals surface area contributed by atoms with E-state index in [9.17, 15) is 24.8 Å². The maximum atomic E-state index is 12.5. The van der Waals surface area contributed by atoms with Crippen LogP contribution in [0.3, 0.4) is 0 Å². The fourth-order valence-electron chi connectivity index (χ4n) is 2.41. The van der Waals surface area contributed by atoms with E-state index in [1.807, 2.05) is 20.8 Å². The zero-order chi connectivity index (χ0) is 22.1. The van der Waals surface area contributed by atoms with Crippen molar-refractivity contribution in [2.75, 3.05) is 4.90 Å². The Bertz CT molecular complexity index is 956. The van der Waals surface area contributed by atoms with E-state index in [-0.39, 0.29) is 10.8 Å². The molecule has 0 bridgehead atoms. The molecule has 1 aromatic carbocycles. The summed E-state index contributed by atoms with van der Waals surface area (Å²) in [6, 6.07) is 5.98. The molecule has 0 aliphatic carbocycles. The first-order chi connectivity index (χ1) is 13.2. The third kappa shape index (κ3) is 5.29. The molecule has 1 aromatic heterocycles. The van der Waals surface area contributed by atoms with Crippen LogP contribution in [-0.2, 0) is 10.2 Å². The largest absolute Gasteiger partial charge is 0.464 e. The van der Waals surface area contributed by atoms with Gasteiger partial charge in [0.1, 0.15) is 5.60 Å². The van der Waals surface area contributed by atoms with Crippen LogP contribution in [0.15, 0.2) is 24.3 Å². The predicted molar refractivity (Wildman–Crippen MR) is 110 cm³/mol. The summed E-state index contributed by atoms with van der Waals surface area (Å²) in [6.45, 7) is 10.5. The Hall–Kier alpha value is -3.01. The molecular formula is C19H23N3O6S. The van der Waals surface area contributed by atoms with Gasteiger partial charge in [-0.15, -0.1) is 0 Å². The molecule has 0 fully saturated rings. The van der Waals surface area contributed by atoms with Crippen LogP contribution in [0.5, 0.6) is 0 Å². The van der Waals surface area contributed by atoms with Gasteiger partial charge in [-0.1, -0.05) is 44.2 Å². The average Bonchev–Trinajstić information content (AvgIpc) is 2.98. The number of carbonyl (C=O) groups is 2. The number of nitrogens with zero attached hydrogens (tertiary/aromatic N) is 3. The van der Waals surface area contributed by atoms with Crippen LogP contribution in [-0.4, -0.2) is 32.8 Å². The number of rotatable bonds is 3. The maximum Gasteiger partial charge on any atom is 0.426 e. The van der Waals surface area contributed by atoms with E-state index in [2.05, 4.69) is 4.98 Å². The summed E-state index contributed by atoms with van der Waals surface area (Å²) in [5, 5.41) is 20.6. The second-order valence-electron chi connectivity index (χ2n) is 8.33. The molecule has 0 spiro atoms. The van der Waals surface area contributed by atoms with E-state index < -0.39 is 28.1 Å². The Morgan fingerprint density at radius 2 is 1.83 bits per heavy atom. The number of nitro benzene ring substituents is 1. The van der Waals surface area contributed by atoms with Gasteiger partial charge < -0.3 is 9.84 Å². The summed E-state index contributed by atoms with van der Waals surface area (Å²) >= 11 is 0.961. The van der Waals surface area contributed by atoms with Gasteiger partial charge in [-0.3, -0.25) is 10.1 Å². The lowest BCUT2D eigenvalue weighted by Crippen LogP contribution is -2.40. The van der Waals surface area contributed by atoms with Crippen LogP contribution in [0.1, 0.15) is 47.2 Å². The van der Waals surface area contributed by atoms with Crippen LogP contribution >= 0.6 is 11.3 Å². The summed E-state index contributed by atoms with van der Waals surface area (Å²) in [4.78, 5) is 40.3. The van der Waals surface area contributed by atoms with Crippen LogP contribution in [0, 0.1) is 10.1 Å². The van der Waals surface area contributed by atoms with Gasteiger partial charge in [0.15, 0.2) is 0 Å². The molecule has 2 aromatic rings. The van der Waals surface area contributed by atoms with Crippen molar-refractivity contribution in [3.8, 4) is 10.4 Å². The Balaban J connectivity index is 2.63. The number of non-ortho nitro benzene ring substituents is 1. The Morgan fingerprint density at radius 3 is 2.31 bits per heavy atom. The summed E-state index contributed by atoms with van der Waals surface area (Å²) in [5.74, 6) is 0. The second kappa shape index (κ2) is 7.78. The minimum atomic E-state index is -1.53. The fraction of sp³-hybridized carbons (Fsp3) is 0.421. The molecule has 156 valence electrons. The van der Waals surface area contributed by atoms with Crippen molar-refractivity contribution in [3.05, 3.63) is 40.1 Å². The van der Waals surface area contributed by atoms with Crippen molar-refractivity contribution in [2.45, 2.75) is 52.6 Å². The molecule has 0 saturated heterocycles. The van der Waals surface area contributed by atoms with Gasteiger partial charge in [0.25, 0.3) is 5.69 Å². The topological polar surface area (TPSA) is 123 Å². The molecule has 10 heteroatoms. The number of ether oxygens (including phenoxy) is 1. The average molecular weight is 421 g/mol. The molecule has 0 saturated carbocycles. The van der Waals surface area contributed by atoms with Gasteiger partial charge in [-0.25, -0.2) is 14.6 Å². The number of carbonyl (C=O) groups excluding carboxylic acids is 1.